The molecular formula is C20H25N7O. The van der Waals surface area contributed by atoms with E-state index in [4.69, 9.17) is 9.51 Å². The van der Waals surface area contributed by atoms with E-state index in [1.54, 1.807) is 12.4 Å². The highest BCUT2D eigenvalue weighted by atomic mass is 16.5. The Balaban J connectivity index is 1.46. The number of pyridine rings is 1. The Bertz CT molecular complexity index is 919. The third-order valence-corrected chi connectivity index (χ3v) is 5.12. The number of aryl methyl sites for hydroxylation is 2. The second-order valence-electron chi connectivity index (χ2n) is 7.03. The minimum absolute atomic E-state index is 0.120. The van der Waals surface area contributed by atoms with E-state index in [0.717, 1.165) is 61.3 Å². The Hall–Kier alpha value is -2.87. The van der Waals surface area contributed by atoms with E-state index in [2.05, 4.69) is 42.9 Å². The third-order valence-electron chi connectivity index (χ3n) is 5.12. The van der Waals surface area contributed by atoms with Crippen molar-refractivity contribution in [2.45, 2.75) is 33.2 Å². The van der Waals surface area contributed by atoms with Gasteiger partial charge in [0.15, 0.2) is 11.6 Å². The monoisotopic (exact) mass is 379 g/mol. The zero-order valence-corrected chi connectivity index (χ0v) is 16.5. The van der Waals surface area contributed by atoms with Crippen LogP contribution in [-0.2, 0) is 6.42 Å². The first-order chi connectivity index (χ1) is 13.6. The molecule has 4 heterocycles. The van der Waals surface area contributed by atoms with E-state index < -0.39 is 0 Å². The third kappa shape index (κ3) is 3.87. The second kappa shape index (κ2) is 8.02. The minimum atomic E-state index is 0.120. The molecule has 0 N–H and O–H groups in total. The summed E-state index contributed by atoms with van der Waals surface area (Å²) < 4.78 is 5.42. The fourth-order valence-electron chi connectivity index (χ4n) is 3.42. The molecule has 8 heteroatoms. The van der Waals surface area contributed by atoms with E-state index in [1.165, 1.54) is 0 Å². The number of anilines is 1. The van der Waals surface area contributed by atoms with Crippen LogP contribution in [-0.4, -0.2) is 56.2 Å². The molecular weight excluding hydrogens is 354 g/mol. The van der Waals surface area contributed by atoms with Gasteiger partial charge in [-0.2, -0.15) is 4.98 Å². The Morgan fingerprint density at radius 1 is 1.07 bits per heavy atom. The molecule has 3 aromatic heterocycles. The Labute approximate surface area is 164 Å². The van der Waals surface area contributed by atoms with Crippen molar-refractivity contribution in [3.63, 3.8) is 0 Å². The summed E-state index contributed by atoms with van der Waals surface area (Å²) in [7, 11) is 0. The molecule has 0 aromatic carbocycles. The van der Waals surface area contributed by atoms with Crippen LogP contribution in [0.5, 0.6) is 0 Å². The highest BCUT2D eigenvalue weighted by molar-refractivity contribution is 5.57. The molecule has 1 atom stereocenters. The lowest BCUT2D eigenvalue weighted by Gasteiger charge is -2.37. The summed E-state index contributed by atoms with van der Waals surface area (Å²) in [6.07, 6.45) is 4.32. The summed E-state index contributed by atoms with van der Waals surface area (Å²) in [6.45, 7) is 9.78. The maximum Gasteiger partial charge on any atom is 0.243 e. The molecule has 0 bridgehead atoms. The standard InChI is InChI=1S/C20H25N7O/c1-4-17-23-20(28-25-17)15(3)26-9-11-27(12-10-26)18-13-14(2)22-19(24-18)16-5-7-21-8-6-16/h5-8,13,15H,4,9-12H2,1-3H3. The van der Waals surface area contributed by atoms with Crippen LogP contribution in [0.2, 0.25) is 0 Å². The van der Waals surface area contributed by atoms with Gasteiger partial charge in [0.05, 0.1) is 6.04 Å². The molecule has 1 unspecified atom stereocenters. The van der Waals surface area contributed by atoms with Crippen LogP contribution < -0.4 is 4.90 Å². The quantitative estimate of drug-likeness (QED) is 0.669. The first kappa shape index (κ1) is 18.5. The molecule has 1 saturated heterocycles. The number of hydrogen-bond donors (Lipinski definition) is 0. The molecule has 8 nitrogen and oxygen atoms in total. The molecule has 0 saturated carbocycles. The Morgan fingerprint density at radius 3 is 2.50 bits per heavy atom. The average molecular weight is 379 g/mol. The first-order valence-corrected chi connectivity index (χ1v) is 9.71. The second-order valence-corrected chi connectivity index (χ2v) is 7.03. The molecule has 146 valence electrons. The van der Waals surface area contributed by atoms with Gasteiger partial charge in [0.1, 0.15) is 5.82 Å². The number of piperazine rings is 1. The largest absolute Gasteiger partial charge is 0.354 e. The van der Waals surface area contributed by atoms with Crippen LogP contribution in [0.25, 0.3) is 11.4 Å². The van der Waals surface area contributed by atoms with Crippen LogP contribution in [0.15, 0.2) is 35.1 Å². The molecule has 1 aliphatic rings. The highest BCUT2D eigenvalue weighted by Gasteiger charge is 2.26. The highest BCUT2D eigenvalue weighted by Crippen LogP contribution is 2.24. The molecule has 1 aliphatic heterocycles. The minimum Gasteiger partial charge on any atom is -0.354 e. The SMILES string of the molecule is CCc1noc(C(C)N2CCN(c3cc(C)nc(-c4ccncc4)n3)CC2)n1. The fraction of sp³-hybridized carbons (Fsp3) is 0.450. The van der Waals surface area contributed by atoms with Crippen LogP contribution in [0, 0.1) is 6.92 Å². The van der Waals surface area contributed by atoms with Gasteiger partial charge in [0.2, 0.25) is 5.89 Å². The molecule has 0 aliphatic carbocycles. The smallest absolute Gasteiger partial charge is 0.243 e. The van der Waals surface area contributed by atoms with Gasteiger partial charge in [-0.3, -0.25) is 9.88 Å². The molecule has 0 amide bonds. The van der Waals surface area contributed by atoms with E-state index in [0.29, 0.717) is 5.89 Å². The van der Waals surface area contributed by atoms with Crippen LogP contribution in [0.1, 0.15) is 37.3 Å². The van der Waals surface area contributed by atoms with Gasteiger partial charge in [-0.25, -0.2) is 9.97 Å². The lowest BCUT2D eigenvalue weighted by Crippen LogP contribution is -2.47. The lowest BCUT2D eigenvalue weighted by molar-refractivity contribution is 0.164. The Morgan fingerprint density at radius 2 is 1.82 bits per heavy atom. The molecule has 1 fully saturated rings. The van der Waals surface area contributed by atoms with Crippen molar-refractivity contribution in [3.8, 4) is 11.4 Å². The van der Waals surface area contributed by atoms with E-state index in [-0.39, 0.29) is 6.04 Å². The number of aromatic nitrogens is 5. The lowest BCUT2D eigenvalue weighted by atomic mass is 10.2. The van der Waals surface area contributed by atoms with Crippen LogP contribution in [0.3, 0.4) is 0 Å². The maximum absolute atomic E-state index is 5.42. The first-order valence-electron chi connectivity index (χ1n) is 9.71. The molecule has 4 rings (SSSR count). The number of rotatable bonds is 5. The Kier molecular flexibility index (Phi) is 5.29. The van der Waals surface area contributed by atoms with Crippen molar-refractivity contribution >= 4 is 5.82 Å². The summed E-state index contributed by atoms with van der Waals surface area (Å²) in [6, 6.07) is 6.05. The summed E-state index contributed by atoms with van der Waals surface area (Å²) >= 11 is 0. The maximum atomic E-state index is 5.42. The fourth-order valence-corrected chi connectivity index (χ4v) is 3.42. The number of hydrogen-bond acceptors (Lipinski definition) is 8. The zero-order chi connectivity index (χ0) is 19.5. The van der Waals surface area contributed by atoms with Gasteiger partial charge in [0.25, 0.3) is 0 Å². The normalized spacial score (nSPS) is 16.3. The van der Waals surface area contributed by atoms with Crippen LogP contribution in [0.4, 0.5) is 5.82 Å². The van der Waals surface area contributed by atoms with Gasteiger partial charge in [-0.1, -0.05) is 12.1 Å². The summed E-state index contributed by atoms with van der Waals surface area (Å²) in [5.41, 5.74) is 1.95. The van der Waals surface area contributed by atoms with Crippen molar-refractivity contribution in [1.29, 1.82) is 0 Å². The molecule has 0 radical (unpaired) electrons. The predicted octanol–water partition coefficient (Wildman–Crippen LogP) is 2.68. The van der Waals surface area contributed by atoms with Crippen molar-refractivity contribution in [2.24, 2.45) is 0 Å². The average Bonchev–Trinajstić information content (AvgIpc) is 3.23. The van der Waals surface area contributed by atoms with Crippen molar-refractivity contribution < 1.29 is 4.52 Å². The number of nitrogens with zero attached hydrogens (tertiary/aromatic N) is 7. The van der Waals surface area contributed by atoms with Gasteiger partial charge in [-0.15, -0.1) is 0 Å². The zero-order valence-electron chi connectivity index (χ0n) is 16.5. The molecule has 3 aromatic rings. The summed E-state index contributed by atoms with van der Waals surface area (Å²) in [5, 5.41) is 4.02. The van der Waals surface area contributed by atoms with Gasteiger partial charge >= 0.3 is 0 Å². The van der Waals surface area contributed by atoms with Crippen molar-refractivity contribution in [1.82, 2.24) is 30.0 Å². The molecule has 28 heavy (non-hydrogen) atoms. The van der Waals surface area contributed by atoms with Gasteiger partial charge in [-0.05, 0) is 26.0 Å². The topological polar surface area (TPSA) is 84.1 Å². The van der Waals surface area contributed by atoms with E-state index in [9.17, 15) is 0 Å². The molecule has 0 spiro atoms. The predicted molar refractivity (Wildman–Crippen MR) is 106 cm³/mol. The van der Waals surface area contributed by atoms with Gasteiger partial charge in [0, 0.05) is 62.3 Å². The summed E-state index contributed by atoms with van der Waals surface area (Å²) in [5.74, 6) is 3.17. The van der Waals surface area contributed by atoms with E-state index >= 15 is 0 Å². The van der Waals surface area contributed by atoms with Crippen LogP contribution >= 0.6 is 0 Å². The summed E-state index contributed by atoms with van der Waals surface area (Å²) in [4.78, 5) is 22.6. The van der Waals surface area contributed by atoms with Crippen molar-refractivity contribution in [2.75, 3.05) is 31.1 Å². The van der Waals surface area contributed by atoms with Gasteiger partial charge < -0.3 is 9.42 Å². The van der Waals surface area contributed by atoms with E-state index in [1.807, 2.05) is 26.0 Å². The van der Waals surface area contributed by atoms with Crippen molar-refractivity contribution in [3.05, 3.63) is 48.0 Å².